The fraction of sp³-hybridized carbons (Fsp3) is 1.00. The van der Waals surface area contributed by atoms with E-state index >= 15 is 0 Å². The number of halogens is 1. The van der Waals surface area contributed by atoms with Crippen LogP contribution in [-0.4, -0.2) is 86.8 Å². The standard InChI is InChI=1S/C10H26N2O2.ClH/c1-11(2,7-9-13)5-6-12(3,4)8-10-14;/h13-14H,5-10H2,1-4H3;1H/q+2;. The summed E-state index contributed by atoms with van der Waals surface area (Å²) in [6.45, 7) is 4.10. The monoisotopic (exact) mass is 242 g/mol. The first kappa shape index (κ1) is 17.5. The number of aliphatic hydroxyl groups is 2. The van der Waals surface area contributed by atoms with Crippen molar-refractivity contribution >= 4 is 12.4 Å². The van der Waals surface area contributed by atoms with Crippen LogP contribution in [0.3, 0.4) is 0 Å². The first-order valence-corrected chi connectivity index (χ1v) is 5.19. The molecule has 0 aliphatic rings. The van der Waals surface area contributed by atoms with Gasteiger partial charge in [-0.05, 0) is 0 Å². The zero-order chi connectivity index (χ0) is 11.2. The summed E-state index contributed by atoms with van der Waals surface area (Å²) in [5, 5.41) is 17.7. The first-order valence-electron chi connectivity index (χ1n) is 5.19. The zero-order valence-corrected chi connectivity index (χ0v) is 11.3. The molecular weight excluding hydrogens is 216 g/mol. The summed E-state index contributed by atoms with van der Waals surface area (Å²) < 4.78 is 1.67. The maximum absolute atomic E-state index is 8.87. The van der Waals surface area contributed by atoms with Crippen LogP contribution in [0.5, 0.6) is 0 Å². The molecule has 2 N–H and O–H groups in total. The summed E-state index contributed by atoms with van der Waals surface area (Å²) in [6, 6.07) is 0. The molecule has 94 valence electrons. The number of nitrogens with zero attached hydrogens (tertiary/aromatic N) is 2. The Kier molecular flexibility index (Phi) is 8.66. The van der Waals surface area contributed by atoms with Gasteiger partial charge >= 0.3 is 0 Å². The second kappa shape index (κ2) is 7.41. The minimum Gasteiger partial charge on any atom is -0.391 e. The molecule has 0 fully saturated rings. The third-order valence-corrected chi connectivity index (χ3v) is 2.72. The zero-order valence-electron chi connectivity index (χ0n) is 10.4. The van der Waals surface area contributed by atoms with Gasteiger partial charge in [0.05, 0.1) is 41.4 Å². The molecule has 0 heterocycles. The van der Waals surface area contributed by atoms with E-state index in [1.165, 1.54) is 0 Å². The predicted molar refractivity (Wildman–Crippen MR) is 65.1 cm³/mol. The van der Waals surface area contributed by atoms with E-state index in [0.717, 1.165) is 35.1 Å². The summed E-state index contributed by atoms with van der Waals surface area (Å²) in [6.07, 6.45) is 0. The van der Waals surface area contributed by atoms with Crippen LogP contribution in [0.15, 0.2) is 0 Å². The van der Waals surface area contributed by atoms with Gasteiger partial charge in [0.15, 0.2) is 0 Å². The minimum absolute atomic E-state index is 0. The number of aliphatic hydroxyl groups excluding tert-OH is 2. The maximum Gasteiger partial charge on any atom is 0.128 e. The van der Waals surface area contributed by atoms with Crippen LogP contribution in [0, 0.1) is 0 Å². The molecule has 0 radical (unpaired) electrons. The van der Waals surface area contributed by atoms with E-state index in [-0.39, 0.29) is 25.6 Å². The van der Waals surface area contributed by atoms with Crippen LogP contribution >= 0.6 is 12.4 Å². The van der Waals surface area contributed by atoms with Crippen molar-refractivity contribution < 1.29 is 19.2 Å². The van der Waals surface area contributed by atoms with Crippen molar-refractivity contribution in [1.82, 2.24) is 0 Å². The van der Waals surface area contributed by atoms with Gasteiger partial charge in [0.1, 0.15) is 26.2 Å². The van der Waals surface area contributed by atoms with Gasteiger partial charge in [-0.25, -0.2) is 0 Å². The number of quaternary nitrogens is 2. The molecule has 0 aliphatic carbocycles. The van der Waals surface area contributed by atoms with Gasteiger partial charge in [-0.3, -0.25) is 0 Å². The van der Waals surface area contributed by atoms with E-state index in [1.807, 2.05) is 0 Å². The summed E-state index contributed by atoms with van der Waals surface area (Å²) in [4.78, 5) is 0. The predicted octanol–water partition coefficient (Wildman–Crippen LogP) is -0.454. The fourth-order valence-corrected chi connectivity index (χ4v) is 1.31. The molecule has 0 amide bonds. The maximum atomic E-state index is 8.87. The summed E-state index contributed by atoms with van der Waals surface area (Å²) in [7, 11) is 8.48. The highest BCUT2D eigenvalue weighted by Crippen LogP contribution is 2.01. The molecule has 0 unspecified atom stereocenters. The van der Waals surface area contributed by atoms with E-state index in [4.69, 9.17) is 10.2 Å². The lowest BCUT2D eigenvalue weighted by molar-refractivity contribution is -0.946. The van der Waals surface area contributed by atoms with Crippen LogP contribution in [-0.2, 0) is 0 Å². The van der Waals surface area contributed by atoms with Gasteiger partial charge in [-0.1, -0.05) is 0 Å². The van der Waals surface area contributed by atoms with Crippen LogP contribution in [0.2, 0.25) is 0 Å². The van der Waals surface area contributed by atoms with Crippen LogP contribution < -0.4 is 0 Å². The SMILES string of the molecule is C[N+](C)(CCO)CC[N+](C)(C)CCO.Cl. The van der Waals surface area contributed by atoms with E-state index < -0.39 is 0 Å². The van der Waals surface area contributed by atoms with Crippen molar-refractivity contribution in [2.45, 2.75) is 0 Å². The molecule has 0 bridgehead atoms. The highest BCUT2D eigenvalue weighted by molar-refractivity contribution is 5.85. The molecule has 0 saturated carbocycles. The molecule has 0 atom stereocenters. The van der Waals surface area contributed by atoms with Crippen molar-refractivity contribution in [3.8, 4) is 0 Å². The van der Waals surface area contributed by atoms with Crippen LogP contribution in [0.4, 0.5) is 0 Å². The van der Waals surface area contributed by atoms with Gasteiger partial charge in [-0.15, -0.1) is 12.4 Å². The highest BCUT2D eigenvalue weighted by atomic mass is 35.5. The normalized spacial score (nSPS) is 12.4. The molecule has 0 saturated heterocycles. The Morgan fingerprint density at radius 3 is 1.13 bits per heavy atom. The number of rotatable bonds is 7. The van der Waals surface area contributed by atoms with Crippen molar-refractivity contribution in [3.05, 3.63) is 0 Å². The summed E-state index contributed by atoms with van der Waals surface area (Å²) in [5.41, 5.74) is 0. The second-order valence-corrected chi connectivity index (χ2v) is 5.21. The molecule has 0 aliphatic heterocycles. The van der Waals surface area contributed by atoms with Gasteiger partial charge < -0.3 is 19.2 Å². The summed E-state index contributed by atoms with van der Waals surface area (Å²) in [5.74, 6) is 0. The molecule has 15 heavy (non-hydrogen) atoms. The molecule has 0 aromatic heterocycles. The van der Waals surface area contributed by atoms with Gasteiger partial charge in [0, 0.05) is 0 Å². The third-order valence-electron chi connectivity index (χ3n) is 2.72. The van der Waals surface area contributed by atoms with Gasteiger partial charge in [0.25, 0.3) is 0 Å². The van der Waals surface area contributed by atoms with Crippen molar-refractivity contribution in [2.24, 2.45) is 0 Å². The lowest BCUT2D eigenvalue weighted by Gasteiger charge is -2.35. The Morgan fingerprint density at radius 1 is 0.667 bits per heavy atom. The van der Waals surface area contributed by atoms with Gasteiger partial charge in [0.2, 0.25) is 0 Å². The van der Waals surface area contributed by atoms with Gasteiger partial charge in [-0.2, -0.15) is 0 Å². The Balaban J connectivity index is 0. The van der Waals surface area contributed by atoms with E-state index in [0.29, 0.717) is 0 Å². The molecular formula is C10H27ClN2O2+2. The minimum atomic E-state index is 0. The Bertz CT molecular complexity index is 146. The third kappa shape index (κ3) is 9.08. The summed E-state index contributed by atoms with van der Waals surface area (Å²) >= 11 is 0. The topological polar surface area (TPSA) is 40.5 Å². The molecule has 0 aromatic rings. The van der Waals surface area contributed by atoms with Crippen molar-refractivity contribution in [3.63, 3.8) is 0 Å². The Labute approximate surface area is 99.7 Å². The average Bonchev–Trinajstić information content (AvgIpc) is 2.01. The largest absolute Gasteiger partial charge is 0.391 e. The quantitative estimate of drug-likeness (QED) is 0.594. The van der Waals surface area contributed by atoms with Crippen molar-refractivity contribution in [1.29, 1.82) is 0 Å². The van der Waals surface area contributed by atoms with Crippen molar-refractivity contribution in [2.75, 3.05) is 67.6 Å². The van der Waals surface area contributed by atoms with E-state index in [9.17, 15) is 0 Å². The molecule has 0 aromatic carbocycles. The molecule has 4 nitrogen and oxygen atoms in total. The Morgan fingerprint density at radius 2 is 0.933 bits per heavy atom. The highest BCUT2D eigenvalue weighted by Gasteiger charge is 2.21. The Hall–Kier alpha value is 0.130. The molecule has 0 spiro atoms. The lowest BCUT2D eigenvalue weighted by Crippen LogP contribution is -2.52. The number of hydrogen-bond donors (Lipinski definition) is 2. The van der Waals surface area contributed by atoms with E-state index in [2.05, 4.69) is 28.2 Å². The molecule has 5 heteroatoms. The number of likely N-dealkylation sites (N-methyl/N-ethyl adjacent to an activating group) is 2. The van der Waals surface area contributed by atoms with Crippen LogP contribution in [0.1, 0.15) is 0 Å². The fourth-order valence-electron chi connectivity index (χ4n) is 1.31. The van der Waals surface area contributed by atoms with E-state index in [1.54, 1.807) is 0 Å². The number of hydrogen-bond acceptors (Lipinski definition) is 2. The smallest absolute Gasteiger partial charge is 0.128 e. The molecule has 0 rings (SSSR count). The lowest BCUT2D eigenvalue weighted by atomic mass is 10.3. The second-order valence-electron chi connectivity index (χ2n) is 5.21. The average molecular weight is 243 g/mol. The first-order chi connectivity index (χ1) is 6.33. The van der Waals surface area contributed by atoms with Crippen LogP contribution in [0.25, 0.3) is 0 Å².